The monoisotopic (exact) mass is 399 g/mol. The molecule has 3 aromatic rings. The SMILES string of the molecule is O=[N+]([O-])c1ccc([C@H](c2nnnn2-c2cccc(Cl)c2)[NH+]2CCCCC2)cc1. The first kappa shape index (κ1) is 18.5. The molecule has 0 spiro atoms. The number of nitrogens with one attached hydrogen (secondary N) is 1. The molecule has 0 saturated carbocycles. The molecule has 144 valence electrons. The minimum atomic E-state index is -0.386. The van der Waals surface area contributed by atoms with Crippen molar-refractivity contribution < 1.29 is 9.82 Å². The predicted molar refractivity (Wildman–Crippen MR) is 104 cm³/mol. The third-order valence-corrected chi connectivity index (χ3v) is 5.38. The summed E-state index contributed by atoms with van der Waals surface area (Å²) < 4.78 is 1.71. The van der Waals surface area contributed by atoms with E-state index in [0.717, 1.165) is 37.2 Å². The van der Waals surface area contributed by atoms with Crippen LogP contribution in [0.2, 0.25) is 5.02 Å². The molecule has 2 heterocycles. The lowest BCUT2D eigenvalue weighted by Gasteiger charge is -2.31. The normalized spacial score (nSPS) is 16.0. The third-order valence-electron chi connectivity index (χ3n) is 5.15. The van der Waals surface area contributed by atoms with Crippen LogP contribution in [0.25, 0.3) is 5.69 Å². The van der Waals surface area contributed by atoms with E-state index in [1.807, 2.05) is 18.2 Å². The summed E-state index contributed by atoms with van der Waals surface area (Å²) >= 11 is 6.16. The topological polar surface area (TPSA) is 91.2 Å². The van der Waals surface area contributed by atoms with Gasteiger partial charge in [0.1, 0.15) is 0 Å². The second-order valence-electron chi connectivity index (χ2n) is 6.93. The number of halogens is 1. The van der Waals surface area contributed by atoms with Crippen LogP contribution < -0.4 is 4.90 Å². The third kappa shape index (κ3) is 3.74. The fourth-order valence-corrected chi connectivity index (χ4v) is 4.00. The number of non-ortho nitro benzene ring substituents is 1. The number of nitro benzene ring substituents is 1. The summed E-state index contributed by atoms with van der Waals surface area (Å²) in [5, 5.41) is 24.1. The quantitative estimate of drug-likeness (QED) is 0.525. The zero-order chi connectivity index (χ0) is 19.5. The number of piperidine rings is 1. The van der Waals surface area contributed by atoms with Crippen molar-refractivity contribution in [2.24, 2.45) is 0 Å². The lowest BCUT2D eigenvalue weighted by Crippen LogP contribution is -3.13. The van der Waals surface area contributed by atoms with E-state index < -0.39 is 0 Å². The first-order chi connectivity index (χ1) is 13.6. The summed E-state index contributed by atoms with van der Waals surface area (Å²) in [7, 11) is 0. The molecule has 1 aliphatic heterocycles. The van der Waals surface area contributed by atoms with Crippen LogP contribution in [0.15, 0.2) is 48.5 Å². The molecular formula is C19H20ClN6O2+. The average Bonchev–Trinajstić information content (AvgIpc) is 3.19. The Kier molecular flexibility index (Phi) is 5.31. The predicted octanol–water partition coefficient (Wildman–Crippen LogP) is 2.38. The van der Waals surface area contributed by atoms with Crippen LogP contribution >= 0.6 is 11.6 Å². The van der Waals surface area contributed by atoms with Crippen LogP contribution in [-0.4, -0.2) is 38.2 Å². The first-order valence-corrected chi connectivity index (χ1v) is 9.64. The van der Waals surface area contributed by atoms with E-state index >= 15 is 0 Å². The summed E-state index contributed by atoms with van der Waals surface area (Å²) in [6.45, 7) is 2.01. The number of aromatic nitrogens is 4. The van der Waals surface area contributed by atoms with Crippen LogP contribution in [0, 0.1) is 10.1 Å². The van der Waals surface area contributed by atoms with E-state index in [-0.39, 0.29) is 16.7 Å². The smallest absolute Gasteiger partial charge is 0.269 e. The minimum Gasteiger partial charge on any atom is -0.322 e. The number of hydrogen-bond donors (Lipinski definition) is 1. The molecular weight excluding hydrogens is 380 g/mol. The summed E-state index contributed by atoms with van der Waals surface area (Å²) in [4.78, 5) is 12.0. The highest BCUT2D eigenvalue weighted by molar-refractivity contribution is 6.30. The van der Waals surface area contributed by atoms with Crippen molar-refractivity contribution >= 4 is 17.3 Å². The summed E-state index contributed by atoms with van der Waals surface area (Å²) in [5.41, 5.74) is 1.82. The van der Waals surface area contributed by atoms with Crippen LogP contribution in [0.5, 0.6) is 0 Å². The van der Waals surface area contributed by atoms with Crippen LogP contribution in [0.3, 0.4) is 0 Å². The van der Waals surface area contributed by atoms with Gasteiger partial charge in [-0.2, -0.15) is 4.68 Å². The van der Waals surface area contributed by atoms with Gasteiger partial charge >= 0.3 is 0 Å². The van der Waals surface area contributed by atoms with Crippen molar-refractivity contribution in [3.8, 4) is 5.69 Å². The number of benzene rings is 2. The number of nitrogens with zero attached hydrogens (tertiary/aromatic N) is 5. The lowest BCUT2D eigenvalue weighted by atomic mass is 10.0. The second-order valence-corrected chi connectivity index (χ2v) is 7.37. The largest absolute Gasteiger partial charge is 0.322 e. The van der Waals surface area contributed by atoms with Crippen LogP contribution in [-0.2, 0) is 0 Å². The Morgan fingerprint density at radius 3 is 2.54 bits per heavy atom. The fraction of sp³-hybridized carbons (Fsp3) is 0.316. The maximum absolute atomic E-state index is 11.0. The maximum Gasteiger partial charge on any atom is 0.269 e. The molecule has 0 radical (unpaired) electrons. The molecule has 0 bridgehead atoms. The zero-order valence-corrected chi connectivity index (χ0v) is 15.9. The highest BCUT2D eigenvalue weighted by Crippen LogP contribution is 2.24. The van der Waals surface area contributed by atoms with E-state index in [9.17, 15) is 10.1 Å². The van der Waals surface area contributed by atoms with Gasteiger partial charge in [0.2, 0.25) is 5.82 Å². The molecule has 2 aromatic carbocycles. The van der Waals surface area contributed by atoms with E-state index in [1.54, 1.807) is 35.0 Å². The van der Waals surface area contributed by atoms with Crippen LogP contribution in [0.1, 0.15) is 36.7 Å². The van der Waals surface area contributed by atoms with Crippen molar-refractivity contribution in [3.05, 3.63) is 75.1 Å². The fourth-order valence-electron chi connectivity index (χ4n) is 3.82. The van der Waals surface area contributed by atoms with Gasteiger partial charge in [0.25, 0.3) is 5.69 Å². The molecule has 0 aliphatic carbocycles. The van der Waals surface area contributed by atoms with Gasteiger partial charge in [0.05, 0.1) is 23.7 Å². The van der Waals surface area contributed by atoms with Gasteiger partial charge in [-0.1, -0.05) is 17.7 Å². The molecule has 1 saturated heterocycles. The second kappa shape index (κ2) is 8.04. The Morgan fingerprint density at radius 2 is 1.86 bits per heavy atom. The van der Waals surface area contributed by atoms with Gasteiger partial charge in [-0.15, -0.1) is 5.10 Å². The minimum absolute atomic E-state index is 0.0746. The van der Waals surface area contributed by atoms with Crippen molar-refractivity contribution in [1.82, 2.24) is 20.2 Å². The van der Waals surface area contributed by atoms with E-state index in [4.69, 9.17) is 11.6 Å². The van der Waals surface area contributed by atoms with Crippen molar-refractivity contribution in [3.63, 3.8) is 0 Å². The van der Waals surface area contributed by atoms with Gasteiger partial charge in [-0.05, 0) is 60.0 Å². The first-order valence-electron chi connectivity index (χ1n) is 9.26. The van der Waals surface area contributed by atoms with Gasteiger partial charge in [-0.3, -0.25) is 10.1 Å². The zero-order valence-electron chi connectivity index (χ0n) is 15.2. The molecule has 8 nitrogen and oxygen atoms in total. The van der Waals surface area contributed by atoms with E-state index in [1.165, 1.54) is 11.3 Å². The summed E-state index contributed by atoms with van der Waals surface area (Å²) in [6, 6.07) is 14.0. The highest BCUT2D eigenvalue weighted by Gasteiger charge is 2.33. The number of rotatable bonds is 5. The molecule has 9 heteroatoms. The maximum atomic E-state index is 11.0. The Morgan fingerprint density at radius 1 is 1.11 bits per heavy atom. The van der Waals surface area contributed by atoms with Gasteiger partial charge < -0.3 is 4.90 Å². The van der Waals surface area contributed by atoms with E-state index in [0.29, 0.717) is 10.8 Å². The molecule has 4 rings (SSSR count). The molecule has 0 unspecified atom stereocenters. The van der Waals surface area contributed by atoms with Crippen molar-refractivity contribution in [1.29, 1.82) is 0 Å². The number of likely N-dealkylation sites (tertiary alicyclic amines) is 1. The Balaban J connectivity index is 1.78. The molecule has 28 heavy (non-hydrogen) atoms. The Bertz CT molecular complexity index is 969. The molecule has 0 amide bonds. The number of hydrogen-bond acceptors (Lipinski definition) is 5. The van der Waals surface area contributed by atoms with Crippen molar-refractivity contribution in [2.45, 2.75) is 25.3 Å². The van der Waals surface area contributed by atoms with Crippen LogP contribution in [0.4, 0.5) is 5.69 Å². The highest BCUT2D eigenvalue weighted by atomic mass is 35.5. The summed E-state index contributed by atoms with van der Waals surface area (Å²) in [5.74, 6) is 0.702. The van der Waals surface area contributed by atoms with E-state index in [2.05, 4.69) is 15.5 Å². The number of tetrazole rings is 1. The Labute approximate surface area is 166 Å². The number of nitro groups is 1. The molecule has 1 atom stereocenters. The standard InChI is InChI=1S/C19H19ClN6O2/c20-15-5-4-6-17(13-15)25-19(21-22-23-25)18(24-11-2-1-3-12-24)14-7-9-16(10-8-14)26(27)28/h4-10,13,18H,1-3,11-12H2/p+1/t18-/m1/s1. The van der Waals surface area contributed by atoms with Gasteiger partial charge in [0.15, 0.2) is 6.04 Å². The lowest BCUT2D eigenvalue weighted by molar-refractivity contribution is -0.931. The molecule has 1 N–H and O–H groups in total. The van der Waals surface area contributed by atoms with Gasteiger partial charge in [0, 0.05) is 22.7 Å². The Hall–Kier alpha value is -2.84. The molecule has 1 aliphatic rings. The average molecular weight is 400 g/mol. The molecule has 1 fully saturated rings. The summed E-state index contributed by atoms with van der Waals surface area (Å²) in [6.07, 6.45) is 3.49. The number of quaternary nitrogens is 1. The van der Waals surface area contributed by atoms with Crippen molar-refractivity contribution in [2.75, 3.05) is 13.1 Å². The van der Waals surface area contributed by atoms with Gasteiger partial charge in [-0.25, -0.2) is 0 Å². The molecule has 1 aromatic heterocycles.